The van der Waals surface area contributed by atoms with Crippen LogP contribution in [0.1, 0.15) is 37.3 Å². The van der Waals surface area contributed by atoms with E-state index in [2.05, 4.69) is 0 Å². The summed E-state index contributed by atoms with van der Waals surface area (Å²) in [5, 5.41) is 8.97. The molecule has 0 amide bonds. The zero-order chi connectivity index (χ0) is 16.8. The van der Waals surface area contributed by atoms with Crippen LogP contribution in [0.4, 0.5) is 13.2 Å². The minimum atomic E-state index is -4.32. The van der Waals surface area contributed by atoms with Gasteiger partial charge in [0, 0.05) is 6.54 Å². The minimum Gasteiger partial charge on any atom is -0.481 e. The van der Waals surface area contributed by atoms with Crippen LogP contribution < -0.4 is 5.73 Å². The van der Waals surface area contributed by atoms with Gasteiger partial charge in [-0.25, -0.2) is 0 Å². The largest absolute Gasteiger partial charge is 0.481 e. The van der Waals surface area contributed by atoms with Gasteiger partial charge in [-0.2, -0.15) is 13.2 Å². The van der Waals surface area contributed by atoms with Gasteiger partial charge >= 0.3 is 12.1 Å². The molecule has 0 radical (unpaired) electrons. The molecule has 3 nitrogen and oxygen atoms in total. The summed E-state index contributed by atoms with van der Waals surface area (Å²) in [5.41, 5.74) is 5.60. The Morgan fingerprint density at radius 1 is 1.23 bits per heavy atom. The predicted octanol–water partition coefficient (Wildman–Crippen LogP) is 3.71. The number of rotatable bonds is 8. The molecule has 0 fully saturated rings. The fourth-order valence-corrected chi connectivity index (χ4v) is 2.39. The number of halogens is 3. The number of benzene rings is 1. The van der Waals surface area contributed by atoms with Crippen molar-refractivity contribution in [2.45, 2.75) is 38.8 Å². The third-order valence-electron chi connectivity index (χ3n) is 3.94. The quantitative estimate of drug-likeness (QED) is 0.768. The van der Waals surface area contributed by atoms with Gasteiger partial charge in [0.15, 0.2) is 0 Å². The van der Waals surface area contributed by atoms with E-state index in [9.17, 15) is 18.0 Å². The smallest absolute Gasteiger partial charge is 0.416 e. The van der Waals surface area contributed by atoms with Crippen LogP contribution >= 0.6 is 0 Å². The van der Waals surface area contributed by atoms with Gasteiger partial charge in [0.05, 0.1) is 11.5 Å². The molecule has 0 saturated carbocycles. The molecule has 1 rings (SSSR count). The van der Waals surface area contributed by atoms with Crippen LogP contribution in [-0.2, 0) is 17.4 Å². The molecule has 1 aromatic carbocycles. The summed E-state index contributed by atoms with van der Waals surface area (Å²) in [5.74, 6) is -1.21. The van der Waals surface area contributed by atoms with Gasteiger partial charge in [-0.3, -0.25) is 4.79 Å². The maximum Gasteiger partial charge on any atom is 0.416 e. The van der Waals surface area contributed by atoms with Gasteiger partial charge in [-0.1, -0.05) is 25.5 Å². The molecule has 0 bridgehead atoms. The molecule has 0 heterocycles. The van der Waals surface area contributed by atoms with Gasteiger partial charge in [-0.05, 0) is 42.9 Å². The third-order valence-corrected chi connectivity index (χ3v) is 3.94. The molecule has 0 saturated heterocycles. The summed E-state index contributed by atoms with van der Waals surface area (Å²) < 4.78 is 37.5. The maximum atomic E-state index is 12.5. The summed E-state index contributed by atoms with van der Waals surface area (Å²) in [6.07, 6.45) is -1.64. The maximum absolute atomic E-state index is 12.5. The lowest BCUT2D eigenvalue weighted by atomic mass is 9.89. The van der Waals surface area contributed by atoms with Gasteiger partial charge < -0.3 is 10.8 Å². The van der Waals surface area contributed by atoms with Crippen molar-refractivity contribution in [2.75, 3.05) is 6.54 Å². The molecule has 0 aliphatic carbocycles. The molecular weight excluding hydrogens is 295 g/mol. The zero-order valence-electron chi connectivity index (χ0n) is 12.6. The van der Waals surface area contributed by atoms with Crippen molar-refractivity contribution < 1.29 is 23.1 Å². The molecule has 0 aliphatic heterocycles. The first-order valence-electron chi connectivity index (χ1n) is 7.36. The molecule has 0 aliphatic rings. The van der Waals surface area contributed by atoms with Crippen LogP contribution in [0.3, 0.4) is 0 Å². The minimum absolute atomic E-state index is 0.103. The summed E-state index contributed by atoms with van der Waals surface area (Å²) in [4.78, 5) is 10.9. The van der Waals surface area contributed by atoms with E-state index in [4.69, 9.17) is 10.8 Å². The standard InChI is InChI=1S/C16H22F3NO2/c1-2-11(3-6-13(10-20)15(21)22)9-12-4-7-14(8-5-12)16(17,18)19/h4-5,7-8,11,13H,2-3,6,9-10,20H2,1H3,(H,21,22). The van der Waals surface area contributed by atoms with Crippen molar-refractivity contribution in [3.05, 3.63) is 35.4 Å². The Balaban J connectivity index is 2.61. The van der Waals surface area contributed by atoms with Crippen molar-refractivity contribution in [3.8, 4) is 0 Å². The van der Waals surface area contributed by atoms with Gasteiger partial charge in [0.1, 0.15) is 0 Å². The molecule has 2 unspecified atom stereocenters. The Morgan fingerprint density at radius 2 is 1.82 bits per heavy atom. The summed E-state index contributed by atoms with van der Waals surface area (Å²) in [6.45, 7) is 2.10. The molecule has 3 N–H and O–H groups in total. The van der Waals surface area contributed by atoms with Crippen molar-refractivity contribution in [2.24, 2.45) is 17.6 Å². The molecule has 1 aromatic rings. The summed E-state index contributed by atoms with van der Waals surface area (Å²) in [6, 6.07) is 5.15. The number of alkyl halides is 3. The van der Waals surface area contributed by atoms with Crippen molar-refractivity contribution >= 4 is 5.97 Å². The molecule has 0 aromatic heterocycles. The Kier molecular flexibility index (Phi) is 6.87. The van der Waals surface area contributed by atoms with Crippen molar-refractivity contribution in [3.63, 3.8) is 0 Å². The highest BCUT2D eigenvalue weighted by molar-refractivity contribution is 5.70. The highest BCUT2D eigenvalue weighted by atomic mass is 19.4. The average Bonchev–Trinajstić information content (AvgIpc) is 2.45. The molecule has 6 heteroatoms. The Labute approximate surface area is 128 Å². The second kappa shape index (κ2) is 8.17. The van der Waals surface area contributed by atoms with E-state index in [0.29, 0.717) is 19.3 Å². The first-order chi connectivity index (χ1) is 10.3. The molecule has 22 heavy (non-hydrogen) atoms. The molecular formula is C16H22F3NO2. The van der Waals surface area contributed by atoms with Gasteiger partial charge in [-0.15, -0.1) is 0 Å². The second-order valence-corrected chi connectivity index (χ2v) is 5.52. The lowest BCUT2D eigenvalue weighted by Crippen LogP contribution is -2.24. The van der Waals surface area contributed by atoms with E-state index in [0.717, 1.165) is 24.1 Å². The third kappa shape index (κ3) is 5.67. The normalized spacial score (nSPS) is 14.6. The van der Waals surface area contributed by atoms with Crippen molar-refractivity contribution in [1.82, 2.24) is 0 Å². The molecule has 124 valence electrons. The van der Waals surface area contributed by atoms with Crippen molar-refractivity contribution in [1.29, 1.82) is 0 Å². The number of carboxylic acid groups (broad SMARTS) is 1. The number of carbonyl (C=O) groups is 1. The van der Waals surface area contributed by atoms with E-state index in [1.54, 1.807) is 0 Å². The number of nitrogens with two attached hydrogens (primary N) is 1. The summed E-state index contributed by atoms with van der Waals surface area (Å²) >= 11 is 0. The first-order valence-corrected chi connectivity index (χ1v) is 7.36. The van der Waals surface area contributed by atoms with Gasteiger partial charge in [0.25, 0.3) is 0 Å². The zero-order valence-corrected chi connectivity index (χ0v) is 12.6. The van der Waals surface area contributed by atoms with E-state index in [-0.39, 0.29) is 12.5 Å². The van der Waals surface area contributed by atoms with Crippen LogP contribution in [0.15, 0.2) is 24.3 Å². The van der Waals surface area contributed by atoms with E-state index < -0.39 is 23.6 Å². The first kappa shape index (κ1) is 18.5. The topological polar surface area (TPSA) is 63.3 Å². The van der Waals surface area contributed by atoms with Crippen LogP contribution in [0.5, 0.6) is 0 Å². The lowest BCUT2D eigenvalue weighted by Gasteiger charge is -2.17. The number of carboxylic acids is 1. The number of aliphatic carboxylic acids is 1. The molecule has 0 spiro atoms. The average molecular weight is 317 g/mol. The predicted molar refractivity (Wildman–Crippen MR) is 78.3 cm³/mol. The monoisotopic (exact) mass is 317 g/mol. The Morgan fingerprint density at radius 3 is 2.23 bits per heavy atom. The van der Waals surface area contributed by atoms with Crippen LogP contribution in [0.25, 0.3) is 0 Å². The van der Waals surface area contributed by atoms with E-state index in [1.807, 2.05) is 6.92 Å². The number of hydrogen-bond donors (Lipinski definition) is 2. The van der Waals surface area contributed by atoms with Gasteiger partial charge in [0.2, 0.25) is 0 Å². The van der Waals surface area contributed by atoms with Crippen LogP contribution in [-0.4, -0.2) is 17.6 Å². The SMILES string of the molecule is CCC(CCC(CN)C(=O)O)Cc1ccc(C(F)(F)F)cc1. The van der Waals surface area contributed by atoms with E-state index in [1.165, 1.54) is 12.1 Å². The number of hydrogen-bond acceptors (Lipinski definition) is 2. The second-order valence-electron chi connectivity index (χ2n) is 5.52. The Bertz CT molecular complexity index is 471. The van der Waals surface area contributed by atoms with E-state index >= 15 is 0 Å². The van der Waals surface area contributed by atoms with Crippen LogP contribution in [0.2, 0.25) is 0 Å². The highest BCUT2D eigenvalue weighted by Gasteiger charge is 2.30. The molecule has 2 atom stereocenters. The highest BCUT2D eigenvalue weighted by Crippen LogP contribution is 2.30. The fourth-order valence-electron chi connectivity index (χ4n) is 2.39. The fraction of sp³-hybridized carbons (Fsp3) is 0.562. The summed E-state index contributed by atoms with van der Waals surface area (Å²) in [7, 11) is 0. The Hall–Kier alpha value is -1.56. The lowest BCUT2D eigenvalue weighted by molar-refractivity contribution is -0.141. The van der Waals surface area contributed by atoms with Crippen LogP contribution in [0, 0.1) is 11.8 Å².